The van der Waals surface area contributed by atoms with Crippen molar-refractivity contribution in [1.29, 1.82) is 0 Å². The Bertz CT molecular complexity index is 500. The number of likely N-dealkylation sites (tertiary alicyclic amines) is 2. The van der Waals surface area contributed by atoms with Crippen LogP contribution in [0.5, 0.6) is 0 Å². The van der Waals surface area contributed by atoms with Gasteiger partial charge in [0.2, 0.25) is 5.91 Å². The number of carbonyl (C=O) groups excluding carboxylic acids is 1. The summed E-state index contributed by atoms with van der Waals surface area (Å²) in [6, 6.07) is 0.377. The summed E-state index contributed by atoms with van der Waals surface area (Å²) < 4.78 is 0. The van der Waals surface area contributed by atoms with Gasteiger partial charge >= 0.3 is 0 Å². The van der Waals surface area contributed by atoms with E-state index >= 15 is 0 Å². The topological polar surface area (TPSA) is 80.2 Å². The number of hydrogen-bond acceptors (Lipinski definition) is 4. The summed E-state index contributed by atoms with van der Waals surface area (Å²) in [5.41, 5.74) is 0. The maximum Gasteiger partial charge on any atom is 0.225 e. The van der Waals surface area contributed by atoms with Crippen LogP contribution in [0.3, 0.4) is 0 Å². The lowest BCUT2D eigenvalue weighted by Crippen LogP contribution is -2.50. The van der Waals surface area contributed by atoms with Crippen molar-refractivity contribution in [2.75, 3.05) is 45.8 Å². The average molecular weight is 538 g/mol. The van der Waals surface area contributed by atoms with Crippen molar-refractivity contribution in [2.24, 2.45) is 10.9 Å². The van der Waals surface area contributed by atoms with Gasteiger partial charge in [-0.1, -0.05) is 13.8 Å². The number of piperidine rings is 2. The quantitative estimate of drug-likeness (QED) is 0.182. The van der Waals surface area contributed by atoms with Crippen molar-refractivity contribution in [3.8, 4) is 0 Å². The fraction of sp³-hybridized carbons (Fsp3) is 0.909. The van der Waals surface area contributed by atoms with Gasteiger partial charge in [0.05, 0.1) is 6.10 Å². The molecule has 176 valence electrons. The van der Waals surface area contributed by atoms with E-state index in [0.29, 0.717) is 11.9 Å². The second kappa shape index (κ2) is 15.2. The number of hydrogen-bond donors (Lipinski definition) is 3. The molecule has 2 rings (SSSR count). The summed E-state index contributed by atoms with van der Waals surface area (Å²) in [7, 11) is 0. The van der Waals surface area contributed by atoms with Gasteiger partial charge in [-0.25, -0.2) is 0 Å². The van der Waals surface area contributed by atoms with Gasteiger partial charge in [0.25, 0.3) is 0 Å². The third-order valence-electron chi connectivity index (χ3n) is 6.29. The molecule has 0 radical (unpaired) electrons. The summed E-state index contributed by atoms with van der Waals surface area (Å²) in [5, 5.41) is 16.5. The van der Waals surface area contributed by atoms with Crippen molar-refractivity contribution >= 4 is 35.8 Å². The van der Waals surface area contributed by atoms with E-state index in [1.807, 2.05) is 0 Å². The highest BCUT2D eigenvalue weighted by Crippen LogP contribution is 2.17. The molecule has 0 aromatic rings. The molecule has 0 aromatic heterocycles. The third kappa shape index (κ3) is 9.26. The number of aliphatic imine (C=N–C) groups is 1. The summed E-state index contributed by atoms with van der Waals surface area (Å²) in [4.78, 5) is 21.8. The molecule has 7 nitrogen and oxygen atoms in total. The molecule has 2 aliphatic heterocycles. The van der Waals surface area contributed by atoms with E-state index in [1.165, 1.54) is 0 Å². The lowest BCUT2D eigenvalue weighted by Gasteiger charge is -2.35. The van der Waals surface area contributed by atoms with Gasteiger partial charge in [-0.05, 0) is 58.4 Å². The predicted molar refractivity (Wildman–Crippen MR) is 135 cm³/mol. The van der Waals surface area contributed by atoms with Crippen LogP contribution in [0.4, 0.5) is 0 Å². The van der Waals surface area contributed by atoms with Crippen LogP contribution in [0.15, 0.2) is 4.99 Å². The van der Waals surface area contributed by atoms with Crippen molar-refractivity contribution in [1.82, 2.24) is 20.4 Å². The summed E-state index contributed by atoms with van der Waals surface area (Å²) in [5.74, 6) is 1.41. The van der Waals surface area contributed by atoms with Gasteiger partial charge in [0.1, 0.15) is 0 Å². The minimum atomic E-state index is -0.106. The molecule has 2 aliphatic rings. The van der Waals surface area contributed by atoms with Crippen LogP contribution in [0.2, 0.25) is 0 Å². The predicted octanol–water partition coefficient (Wildman–Crippen LogP) is 2.43. The zero-order valence-electron chi connectivity index (χ0n) is 19.2. The molecular weight excluding hydrogens is 493 g/mol. The number of aliphatic hydroxyl groups is 1. The Labute approximate surface area is 200 Å². The average Bonchev–Trinajstić information content (AvgIpc) is 2.74. The molecule has 2 saturated heterocycles. The SMILES string of the molecule is CCNC(=NCCCN1CCC(O)CC1)NC1CCN(C(=O)C(CC)CC)CC1.I. The molecule has 2 heterocycles. The molecule has 2 fully saturated rings. The normalized spacial score (nSPS) is 19.6. The number of nitrogens with one attached hydrogen (secondary N) is 2. The van der Waals surface area contributed by atoms with Crippen LogP contribution in [0, 0.1) is 5.92 Å². The fourth-order valence-electron chi connectivity index (χ4n) is 4.28. The molecule has 0 saturated carbocycles. The van der Waals surface area contributed by atoms with E-state index in [9.17, 15) is 9.90 Å². The Balaban J connectivity index is 0.00000450. The number of guanidine groups is 1. The number of amides is 1. The van der Waals surface area contributed by atoms with Crippen LogP contribution in [-0.4, -0.2) is 84.7 Å². The van der Waals surface area contributed by atoms with E-state index in [2.05, 4.69) is 41.2 Å². The molecular formula is C22H44IN5O2. The monoisotopic (exact) mass is 537 g/mol. The second-order valence-electron chi connectivity index (χ2n) is 8.44. The first-order valence-electron chi connectivity index (χ1n) is 11.8. The maximum atomic E-state index is 12.6. The molecule has 8 heteroatoms. The minimum absolute atomic E-state index is 0. The molecule has 0 atom stereocenters. The van der Waals surface area contributed by atoms with E-state index in [4.69, 9.17) is 4.99 Å². The van der Waals surface area contributed by atoms with Gasteiger partial charge in [-0.2, -0.15) is 0 Å². The van der Waals surface area contributed by atoms with Gasteiger partial charge < -0.3 is 25.5 Å². The van der Waals surface area contributed by atoms with Crippen LogP contribution < -0.4 is 10.6 Å². The highest BCUT2D eigenvalue weighted by atomic mass is 127. The van der Waals surface area contributed by atoms with E-state index in [-0.39, 0.29) is 36.0 Å². The number of halogens is 1. The zero-order chi connectivity index (χ0) is 21.1. The first-order chi connectivity index (χ1) is 14.1. The van der Waals surface area contributed by atoms with E-state index in [1.54, 1.807) is 0 Å². The third-order valence-corrected chi connectivity index (χ3v) is 6.29. The van der Waals surface area contributed by atoms with Gasteiger partial charge in [-0.15, -0.1) is 24.0 Å². The van der Waals surface area contributed by atoms with E-state index < -0.39 is 0 Å². The molecule has 30 heavy (non-hydrogen) atoms. The highest BCUT2D eigenvalue weighted by Gasteiger charge is 2.26. The number of carbonyl (C=O) groups is 1. The fourth-order valence-corrected chi connectivity index (χ4v) is 4.28. The molecule has 0 unspecified atom stereocenters. The Hall–Kier alpha value is -0.610. The Morgan fingerprint density at radius 3 is 2.27 bits per heavy atom. The first kappa shape index (κ1) is 27.4. The van der Waals surface area contributed by atoms with Crippen LogP contribution >= 0.6 is 24.0 Å². The molecule has 3 N–H and O–H groups in total. The summed E-state index contributed by atoms with van der Waals surface area (Å²) in [6.45, 7) is 12.7. The summed E-state index contributed by atoms with van der Waals surface area (Å²) in [6.07, 6.45) is 6.54. The lowest BCUT2D eigenvalue weighted by molar-refractivity contribution is -0.136. The highest BCUT2D eigenvalue weighted by molar-refractivity contribution is 14.0. The van der Waals surface area contributed by atoms with Crippen molar-refractivity contribution in [2.45, 2.75) is 77.9 Å². The largest absolute Gasteiger partial charge is 0.393 e. The standard InChI is InChI=1S/C22H43N5O2.HI/c1-4-18(5-2)21(29)27-16-8-19(9-17-27)25-22(23-6-3)24-12-7-13-26-14-10-20(28)11-15-26;/h18-20,28H,4-17H2,1-3H3,(H2,23,24,25);1H. The lowest BCUT2D eigenvalue weighted by atomic mass is 9.98. The van der Waals surface area contributed by atoms with Crippen LogP contribution in [0.1, 0.15) is 65.7 Å². The molecule has 0 aliphatic carbocycles. The Kier molecular flexibility index (Phi) is 13.9. The number of rotatable bonds is 9. The molecule has 1 amide bonds. The molecule has 0 spiro atoms. The second-order valence-corrected chi connectivity index (χ2v) is 8.44. The van der Waals surface area contributed by atoms with E-state index in [0.717, 1.165) is 96.7 Å². The van der Waals surface area contributed by atoms with Gasteiger partial charge in [-0.3, -0.25) is 9.79 Å². The van der Waals surface area contributed by atoms with Crippen molar-refractivity contribution in [3.63, 3.8) is 0 Å². The van der Waals surface area contributed by atoms with Crippen molar-refractivity contribution in [3.05, 3.63) is 0 Å². The van der Waals surface area contributed by atoms with Crippen LogP contribution in [0.25, 0.3) is 0 Å². The zero-order valence-corrected chi connectivity index (χ0v) is 21.6. The summed E-state index contributed by atoms with van der Waals surface area (Å²) >= 11 is 0. The first-order valence-corrected chi connectivity index (χ1v) is 11.8. The minimum Gasteiger partial charge on any atom is -0.393 e. The molecule has 0 aromatic carbocycles. The van der Waals surface area contributed by atoms with Crippen LogP contribution in [-0.2, 0) is 4.79 Å². The maximum absolute atomic E-state index is 12.6. The number of nitrogens with zero attached hydrogens (tertiary/aromatic N) is 3. The Morgan fingerprint density at radius 1 is 1.07 bits per heavy atom. The van der Waals surface area contributed by atoms with Crippen molar-refractivity contribution < 1.29 is 9.90 Å². The van der Waals surface area contributed by atoms with Gasteiger partial charge in [0.15, 0.2) is 5.96 Å². The smallest absolute Gasteiger partial charge is 0.225 e. The Morgan fingerprint density at radius 2 is 1.70 bits per heavy atom. The molecule has 0 bridgehead atoms. The van der Waals surface area contributed by atoms with Gasteiger partial charge in [0, 0.05) is 51.2 Å². The number of aliphatic hydroxyl groups excluding tert-OH is 1.